The van der Waals surface area contributed by atoms with Crippen molar-refractivity contribution in [1.29, 1.82) is 0 Å². The summed E-state index contributed by atoms with van der Waals surface area (Å²) in [5.74, 6) is 4.83. The number of benzene rings is 1. The van der Waals surface area contributed by atoms with E-state index < -0.39 is 5.97 Å². The first kappa shape index (κ1) is 12.0. The molecule has 0 radical (unpaired) electrons. The summed E-state index contributed by atoms with van der Waals surface area (Å²) in [4.78, 5) is 22.2. The Kier molecular flexibility index (Phi) is 3.49. The van der Waals surface area contributed by atoms with Gasteiger partial charge in [-0.1, -0.05) is 5.92 Å². The molecule has 5 heteroatoms. The predicted octanol–water partition coefficient (Wildman–Crippen LogP) is 0.932. The molecule has 0 unspecified atom stereocenters. The first-order valence-corrected chi connectivity index (χ1v) is 5.44. The van der Waals surface area contributed by atoms with E-state index in [-0.39, 0.29) is 12.5 Å². The Morgan fingerprint density at radius 3 is 3.17 bits per heavy atom. The quantitative estimate of drug-likeness (QED) is 0.590. The monoisotopic (exact) mass is 245 g/mol. The number of hydrogen-bond acceptors (Lipinski definition) is 4. The molecule has 0 atom stereocenters. The average Bonchev–Trinajstić information content (AvgIpc) is 2.36. The molecular weight excluding hydrogens is 234 g/mol. The summed E-state index contributed by atoms with van der Waals surface area (Å²) in [6, 6.07) is 5.06. The molecule has 1 amide bonds. The third-order valence-electron chi connectivity index (χ3n) is 2.20. The van der Waals surface area contributed by atoms with Gasteiger partial charge >= 0.3 is 5.97 Å². The van der Waals surface area contributed by atoms with Crippen LogP contribution in [0.5, 0.6) is 5.75 Å². The molecule has 5 nitrogen and oxygen atoms in total. The van der Waals surface area contributed by atoms with Crippen LogP contribution in [0.2, 0.25) is 0 Å². The van der Waals surface area contributed by atoms with Crippen LogP contribution in [-0.2, 0) is 14.3 Å². The maximum Gasteiger partial charge on any atom is 0.384 e. The Morgan fingerprint density at radius 2 is 2.39 bits per heavy atom. The highest BCUT2D eigenvalue weighted by Gasteiger charge is 2.15. The fourth-order valence-electron chi connectivity index (χ4n) is 1.45. The van der Waals surface area contributed by atoms with Gasteiger partial charge in [-0.15, -0.1) is 0 Å². The zero-order valence-corrected chi connectivity index (χ0v) is 9.78. The van der Waals surface area contributed by atoms with E-state index in [2.05, 4.69) is 21.9 Å². The lowest BCUT2D eigenvalue weighted by molar-refractivity contribution is -0.136. The second-order valence-corrected chi connectivity index (χ2v) is 3.52. The fourth-order valence-corrected chi connectivity index (χ4v) is 1.45. The van der Waals surface area contributed by atoms with E-state index in [1.165, 1.54) is 0 Å². The van der Waals surface area contributed by atoms with Crippen LogP contribution in [0, 0.1) is 11.8 Å². The number of anilines is 1. The fraction of sp³-hybridized carbons (Fsp3) is 0.231. The molecule has 18 heavy (non-hydrogen) atoms. The summed E-state index contributed by atoms with van der Waals surface area (Å²) in [7, 11) is 0. The molecule has 1 N–H and O–H groups in total. The SMILES string of the molecule is CCOC(=O)C#Cc1ccc2c(c1)NC(=O)CO2. The van der Waals surface area contributed by atoms with E-state index >= 15 is 0 Å². The maximum absolute atomic E-state index is 11.1. The molecule has 1 aliphatic rings. The van der Waals surface area contributed by atoms with E-state index in [1.54, 1.807) is 25.1 Å². The first-order valence-electron chi connectivity index (χ1n) is 5.44. The van der Waals surface area contributed by atoms with E-state index in [1.807, 2.05) is 0 Å². The number of rotatable bonds is 1. The summed E-state index contributed by atoms with van der Waals surface area (Å²) >= 11 is 0. The van der Waals surface area contributed by atoms with Gasteiger partial charge in [0.1, 0.15) is 5.75 Å². The average molecular weight is 245 g/mol. The summed E-state index contributed by atoms with van der Waals surface area (Å²) in [6.07, 6.45) is 0. The van der Waals surface area contributed by atoms with E-state index in [4.69, 9.17) is 4.74 Å². The summed E-state index contributed by atoms with van der Waals surface area (Å²) < 4.78 is 9.89. The van der Waals surface area contributed by atoms with Crippen LogP contribution < -0.4 is 10.1 Å². The molecule has 1 heterocycles. The topological polar surface area (TPSA) is 64.6 Å². The minimum Gasteiger partial charge on any atom is -0.482 e. The molecule has 0 saturated heterocycles. The highest BCUT2D eigenvalue weighted by Crippen LogP contribution is 2.27. The van der Waals surface area contributed by atoms with Crippen molar-refractivity contribution in [2.45, 2.75) is 6.92 Å². The van der Waals surface area contributed by atoms with Gasteiger partial charge < -0.3 is 14.8 Å². The number of ether oxygens (including phenoxy) is 2. The van der Waals surface area contributed by atoms with Crippen molar-refractivity contribution >= 4 is 17.6 Å². The van der Waals surface area contributed by atoms with Gasteiger partial charge in [0.2, 0.25) is 0 Å². The molecule has 0 spiro atoms. The molecule has 0 saturated carbocycles. The van der Waals surface area contributed by atoms with Gasteiger partial charge in [0, 0.05) is 11.5 Å². The van der Waals surface area contributed by atoms with Crippen LogP contribution in [0.15, 0.2) is 18.2 Å². The van der Waals surface area contributed by atoms with Gasteiger partial charge in [0.15, 0.2) is 6.61 Å². The van der Waals surface area contributed by atoms with Gasteiger partial charge in [-0.05, 0) is 25.1 Å². The molecule has 2 rings (SSSR count). The summed E-state index contributed by atoms with van der Waals surface area (Å²) in [5, 5.41) is 2.67. The van der Waals surface area contributed by atoms with Crippen molar-refractivity contribution in [2.75, 3.05) is 18.5 Å². The highest BCUT2D eigenvalue weighted by atomic mass is 16.5. The second-order valence-electron chi connectivity index (χ2n) is 3.52. The number of carbonyl (C=O) groups is 2. The smallest absolute Gasteiger partial charge is 0.384 e. The number of nitrogens with one attached hydrogen (secondary N) is 1. The largest absolute Gasteiger partial charge is 0.482 e. The standard InChI is InChI=1S/C13H11NO4/c1-2-17-13(16)6-4-9-3-5-11-10(7-9)14-12(15)8-18-11/h3,5,7H,2,8H2,1H3,(H,14,15). The Balaban J connectivity index is 2.18. The Hall–Kier alpha value is -2.48. The molecule has 1 aliphatic heterocycles. The molecule has 0 aliphatic carbocycles. The zero-order chi connectivity index (χ0) is 13.0. The van der Waals surface area contributed by atoms with Crippen LogP contribution in [0.25, 0.3) is 0 Å². The van der Waals surface area contributed by atoms with Crippen molar-refractivity contribution < 1.29 is 19.1 Å². The Morgan fingerprint density at radius 1 is 1.56 bits per heavy atom. The van der Waals surface area contributed by atoms with Gasteiger partial charge in [-0.25, -0.2) is 4.79 Å². The van der Waals surface area contributed by atoms with Crippen molar-refractivity contribution in [3.63, 3.8) is 0 Å². The lowest BCUT2D eigenvalue weighted by Gasteiger charge is -2.17. The van der Waals surface area contributed by atoms with Gasteiger partial charge in [-0.3, -0.25) is 4.79 Å². The van der Waals surface area contributed by atoms with Crippen molar-refractivity contribution in [3.05, 3.63) is 23.8 Å². The maximum atomic E-state index is 11.1. The van der Waals surface area contributed by atoms with E-state index in [0.29, 0.717) is 23.6 Å². The number of esters is 1. The third-order valence-corrected chi connectivity index (χ3v) is 2.20. The van der Waals surface area contributed by atoms with Gasteiger partial charge in [0.25, 0.3) is 5.91 Å². The molecule has 0 aromatic heterocycles. The minimum atomic E-state index is -0.574. The van der Waals surface area contributed by atoms with Crippen LogP contribution in [-0.4, -0.2) is 25.1 Å². The number of hydrogen-bond donors (Lipinski definition) is 1. The lowest BCUT2D eigenvalue weighted by atomic mass is 10.1. The van der Waals surface area contributed by atoms with Crippen LogP contribution in [0.4, 0.5) is 5.69 Å². The normalized spacial score (nSPS) is 12.4. The van der Waals surface area contributed by atoms with Gasteiger partial charge in [0.05, 0.1) is 12.3 Å². The van der Waals surface area contributed by atoms with Crippen LogP contribution in [0.1, 0.15) is 12.5 Å². The number of amides is 1. The van der Waals surface area contributed by atoms with E-state index in [0.717, 1.165) is 0 Å². The number of carbonyl (C=O) groups excluding carboxylic acids is 2. The van der Waals surface area contributed by atoms with Crippen molar-refractivity contribution in [2.24, 2.45) is 0 Å². The minimum absolute atomic E-state index is 0.0147. The predicted molar refractivity (Wildman–Crippen MR) is 64.1 cm³/mol. The van der Waals surface area contributed by atoms with Crippen molar-refractivity contribution in [1.82, 2.24) is 0 Å². The Labute approximate surface area is 104 Å². The highest BCUT2D eigenvalue weighted by molar-refractivity contribution is 5.95. The second kappa shape index (κ2) is 5.23. The molecule has 0 bridgehead atoms. The van der Waals surface area contributed by atoms with Crippen LogP contribution in [0.3, 0.4) is 0 Å². The zero-order valence-electron chi connectivity index (χ0n) is 9.78. The Bertz CT molecular complexity index is 554. The van der Waals surface area contributed by atoms with Crippen LogP contribution >= 0.6 is 0 Å². The van der Waals surface area contributed by atoms with Crippen molar-refractivity contribution in [3.8, 4) is 17.6 Å². The molecule has 1 aromatic rings. The number of fused-ring (bicyclic) bond motifs is 1. The third kappa shape index (κ3) is 2.80. The molecule has 1 aromatic carbocycles. The van der Waals surface area contributed by atoms with E-state index in [9.17, 15) is 9.59 Å². The molecule has 92 valence electrons. The van der Waals surface area contributed by atoms with Gasteiger partial charge in [-0.2, -0.15) is 0 Å². The summed E-state index contributed by atoms with van der Waals surface area (Å²) in [6.45, 7) is 2.02. The first-order chi connectivity index (χ1) is 8.69. The molecule has 0 fully saturated rings. The lowest BCUT2D eigenvalue weighted by Crippen LogP contribution is -2.25. The summed E-state index contributed by atoms with van der Waals surface area (Å²) in [5.41, 5.74) is 1.16. The molecular formula is C13H11NO4.